The Morgan fingerprint density at radius 3 is 2.65 bits per heavy atom. The Balaban J connectivity index is 1.36. The smallest absolute Gasteiger partial charge is 0.319 e. The average molecular weight is 633 g/mol. The maximum Gasteiger partial charge on any atom is 0.319 e. The lowest BCUT2D eigenvalue weighted by Gasteiger charge is -2.42. The van der Waals surface area contributed by atoms with Crippen LogP contribution in [0.2, 0.25) is 0 Å². The predicted octanol–water partition coefficient (Wildman–Crippen LogP) is 5.52. The van der Waals surface area contributed by atoms with Crippen LogP contribution in [-0.4, -0.2) is 75.4 Å². The Bertz CT molecular complexity index is 1920. The van der Waals surface area contributed by atoms with Crippen LogP contribution in [-0.2, 0) is 6.42 Å². The molecule has 3 unspecified atom stereocenters. The number of aryl methyl sites for hydroxylation is 1. The molecule has 8 nitrogen and oxygen atoms in total. The van der Waals surface area contributed by atoms with E-state index in [9.17, 15) is 13.9 Å². The number of aromatic hydroxyl groups is 1. The molecule has 4 aliphatic rings. The highest BCUT2D eigenvalue weighted by molar-refractivity contribution is 6.03. The van der Waals surface area contributed by atoms with Crippen LogP contribution < -0.4 is 15.0 Å². The molecule has 0 saturated carbocycles. The van der Waals surface area contributed by atoms with Crippen molar-refractivity contribution in [2.45, 2.75) is 69.1 Å². The number of terminal acetylenes is 1. The highest BCUT2D eigenvalue weighted by Crippen LogP contribution is 2.43. The van der Waals surface area contributed by atoms with Gasteiger partial charge in [0.25, 0.3) is 0 Å². The second-order valence-corrected chi connectivity index (χ2v) is 12.8. The molecule has 8 rings (SSSR count). The normalized spacial score (nSPS) is 24.0. The van der Waals surface area contributed by atoms with Crippen molar-refractivity contribution in [1.29, 1.82) is 0 Å². The van der Waals surface area contributed by atoms with Gasteiger partial charge in [-0.25, -0.2) is 22.5 Å². The van der Waals surface area contributed by atoms with E-state index in [0.29, 0.717) is 36.9 Å². The van der Waals surface area contributed by atoms with E-state index < -0.39 is 30.3 Å². The second kappa shape index (κ2) is 11.0. The fourth-order valence-corrected chi connectivity index (χ4v) is 8.08. The number of benzene rings is 2. The van der Waals surface area contributed by atoms with E-state index in [-0.39, 0.29) is 62.8 Å². The molecule has 0 radical (unpaired) electrons. The molecule has 2 aromatic carbocycles. The van der Waals surface area contributed by atoms with Gasteiger partial charge in [0.15, 0.2) is 18.4 Å². The number of ether oxygens (including phenoxy) is 1. The minimum Gasteiger partial charge on any atom is -0.508 e. The third-order valence-corrected chi connectivity index (χ3v) is 10.2. The summed E-state index contributed by atoms with van der Waals surface area (Å²) in [5.41, 5.74) is -0.0376. The number of nitrogens with zero attached hydrogens (tertiary/aromatic N) is 5. The summed E-state index contributed by atoms with van der Waals surface area (Å²) in [6.07, 6.45) is 7.53. The van der Waals surface area contributed by atoms with Gasteiger partial charge in [0.2, 0.25) is 0 Å². The fraction of sp³-hybridized carbons (Fsp3) is 0.441. The number of rotatable bonds is 4. The van der Waals surface area contributed by atoms with Gasteiger partial charge < -0.3 is 14.7 Å². The fourth-order valence-electron chi connectivity index (χ4n) is 8.08. The molecule has 0 aliphatic carbocycles. The van der Waals surface area contributed by atoms with Gasteiger partial charge >= 0.3 is 6.01 Å². The van der Waals surface area contributed by atoms with Gasteiger partial charge in [-0.1, -0.05) is 12.0 Å². The second-order valence-electron chi connectivity index (χ2n) is 12.8. The molecule has 3 saturated heterocycles. The monoisotopic (exact) mass is 632 g/mol. The molecule has 0 bridgehead atoms. The Kier molecular flexibility index (Phi) is 6.95. The number of anilines is 1. The van der Waals surface area contributed by atoms with Gasteiger partial charge in [-0.05, 0) is 81.6 Å². The number of fused-ring (bicyclic) bond motifs is 4. The van der Waals surface area contributed by atoms with E-state index in [1.54, 1.807) is 0 Å². The number of halogens is 4. The van der Waals surface area contributed by atoms with Crippen LogP contribution in [0, 0.1) is 24.0 Å². The lowest BCUT2D eigenvalue weighted by Crippen LogP contribution is -2.60. The highest BCUT2D eigenvalue weighted by Gasteiger charge is 2.45. The molecule has 3 fully saturated rings. The van der Waals surface area contributed by atoms with Gasteiger partial charge in [-0.3, -0.25) is 10.2 Å². The van der Waals surface area contributed by atoms with E-state index in [2.05, 4.69) is 21.1 Å². The van der Waals surface area contributed by atoms with Crippen molar-refractivity contribution in [3.8, 4) is 35.4 Å². The van der Waals surface area contributed by atoms with Gasteiger partial charge in [-0.15, -0.1) is 6.42 Å². The first-order valence-corrected chi connectivity index (χ1v) is 15.8. The largest absolute Gasteiger partial charge is 0.508 e. The molecule has 238 valence electrons. The van der Waals surface area contributed by atoms with Crippen molar-refractivity contribution >= 4 is 27.5 Å². The van der Waals surface area contributed by atoms with Gasteiger partial charge in [0, 0.05) is 10.9 Å². The van der Waals surface area contributed by atoms with Crippen molar-refractivity contribution in [2.24, 2.45) is 0 Å². The first-order valence-electron chi connectivity index (χ1n) is 15.8. The van der Waals surface area contributed by atoms with E-state index in [0.717, 1.165) is 38.8 Å². The quantitative estimate of drug-likeness (QED) is 0.173. The number of hydrogen-bond acceptors (Lipinski definition) is 8. The third kappa shape index (κ3) is 4.54. The molecule has 0 amide bonds. The summed E-state index contributed by atoms with van der Waals surface area (Å²) >= 11 is 0. The Labute approximate surface area is 262 Å². The third-order valence-electron chi connectivity index (χ3n) is 10.2. The Morgan fingerprint density at radius 1 is 1.07 bits per heavy atom. The molecule has 6 heterocycles. The molecular formula is C34H32F4N6O2. The summed E-state index contributed by atoms with van der Waals surface area (Å²) in [6.45, 7) is 2.06. The van der Waals surface area contributed by atoms with Gasteiger partial charge in [-0.2, -0.15) is 9.97 Å². The zero-order chi connectivity index (χ0) is 31.7. The molecule has 12 heteroatoms. The average Bonchev–Trinajstić information content (AvgIpc) is 3.61. The number of hydrogen-bond donors (Lipinski definition) is 2. The highest BCUT2D eigenvalue weighted by atomic mass is 19.2. The number of phenols is 1. The molecule has 3 atom stereocenters. The Hall–Kier alpha value is -4.21. The van der Waals surface area contributed by atoms with Crippen molar-refractivity contribution < 1.29 is 27.4 Å². The molecule has 46 heavy (non-hydrogen) atoms. The van der Waals surface area contributed by atoms with Crippen LogP contribution in [0.15, 0.2) is 24.3 Å². The van der Waals surface area contributed by atoms with Gasteiger partial charge in [0.05, 0.1) is 34.8 Å². The molecule has 0 spiro atoms. The van der Waals surface area contributed by atoms with Crippen molar-refractivity contribution in [3.63, 3.8) is 0 Å². The molecule has 4 aliphatic heterocycles. The summed E-state index contributed by atoms with van der Waals surface area (Å²) < 4.78 is 68.3. The first kappa shape index (κ1) is 29.2. The predicted molar refractivity (Wildman–Crippen MR) is 165 cm³/mol. The van der Waals surface area contributed by atoms with Gasteiger partial charge in [0.1, 0.15) is 35.2 Å². The maximum absolute atomic E-state index is 17.0. The van der Waals surface area contributed by atoms with E-state index in [1.807, 2.05) is 0 Å². The summed E-state index contributed by atoms with van der Waals surface area (Å²) in [7, 11) is 0. The number of phenolic OH excluding ortho intramolecular Hbond substituents is 1. The Morgan fingerprint density at radius 2 is 1.87 bits per heavy atom. The standard InChI is InChI=1S/C34H32F4N6O2/c1-2-20-22(35)9-8-18-14-19(45)15-21(26(18)20)29-28(37)30-27-23(39-29)6-3-7-24-31(38)40-25(36)16-44(24)32(27)42-33(41-30)46-17-34-10-4-12-43(34)13-5-11-34/h1,8-9,14-15,24-25,31,40,45H,3-7,10-13,16-17H2. The van der Waals surface area contributed by atoms with Crippen molar-refractivity contribution in [2.75, 3.05) is 31.1 Å². The van der Waals surface area contributed by atoms with Crippen LogP contribution in [0.3, 0.4) is 0 Å². The number of piperazine rings is 1. The number of alkyl halides is 2. The van der Waals surface area contributed by atoms with Crippen molar-refractivity contribution in [3.05, 3.63) is 47.2 Å². The minimum absolute atomic E-state index is 0.0903. The lowest BCUT2D eigenvalue weighted by molar-refractivity contribution is 0.102. The summed E-state index contributed by atoms with van der Waals surface area (Å²) in [5, 5.41) is 13.8. The SMILES string of the molecule is C#Cc1c(F)ccc2cc(O)cc(-c3nc4c5c(nc(OCC67CCCN6CCC7)nc5c3F)N3CC(F)NC(F)C3CCC4)c12. The number of aromatic nitrogens is 3. The van der Waals surface area contributed by atoms with Crippen LogP contribution in [0.25, 0.3) is 32.9 Å². The summed E-state index contributed by atoms with van der Waals surface area (Å²) in [4.78, 5) is 17.9. The topological polar surface area (TPSA) is 86.6 Å². The molecular weight excluding hydrogens is 600 g/mol. The van der Waals surface area contributed by atoms with Crippen molar-refractivity contribution in [1.82, 2.24) is 25.2 Å². The first-order chi connectivity index (χ1) is 22.3. The maximum atomic E-state index is 17.0. The molecule has 4 aromatic rings. The van der Waals surface area contributed by atoms with E-state index in [4.69, 9.17) is 21.1 Å². The van der Waals surface area contributed by atoms with Crippen LogP contribution in [0.4, 0.5) is 23.4 Å². The zero-order valence-electron chi connectivity index (χ0n) is 25.0. The zero-order valence-corrected chi connectivity index (χ0v) is 25.0. The van der Waals surface area contributed by atoms with Crippen LogP contribution >= 0.6 is 0 Å². The summed E-state index contributed by atoms with van der Waals surface area (Å²) in [6, 6.07) is 4.53. The van der Waals surface area contributed by atoms with Crippen LogP contribution in [0.5, 0.6) is 11.8 Å². The molecule has 2 N–H and O–H groups in total. The van der Waals surface area contributed by atoms with E-state index in [1.165, 1.54) is 29.2 Å². The van der Waals surface area contributed by atoms with Crippen LogP contribution in [0.1, 0.15) is 49.8 Å². The minimum atomic E-state index is -1.68. The van der Waals surface area contributed by atoms with E-state index >= 15 is 8.78 Å². The number of nitrogens with one attached hydrogen (secondary N) is 1. The lowest BCUT2D eigenvalue weighted by atomic mass is 9.94. The number of pyridine rings is 1. The molecule has 2 aromatic heterocycles. The summed E-state index contributed by atoms with van der Waals surface area (Å²) in [5.74, 6) is 0.801.